The molecule has 0 amide bonds. The van der Waals surface area contributed by atoms with E-state index in [0.29, 0.717) is 17.1 Å². The molecule has 0 bridgehead atoms. The number of aromatic amines is 1. The van der Waals surface area contributed by atoms with Crippen LogP contribution in [-0.2, 0) is 29.1 Å². The Morgan fingerprint density at radius 2 is 1.48 bits per heavy atom. The second-order valence-corrected chi connectivity index (χ2v) is 17.1. The number of carbonyl (C=O) groups is 1. The summed E-state index contributed by atoms with van der Waals surface area (Å²) in [5.74, 6) is 0.871. The molecule has 1 aliphatic rings. The summed E-state index contributed by atoms with van der Waals surface area (Å²) in [4.78, 5) is 41.6. The average molecular weight is 815 g/mol. The Labute approximate surface area is 341 Å². The Bertz CT molecular complexity index is 2070. The van der Waals surface area contributed by atoms with E-state index in [1.165, 1.54) is 10.8 Å². The van der Waals surface area contributed by atoms with Crippen LogP contribution in [0.25, 0.3) is 0 Å². The second-order valence-electron chi connectivity index (χ2n) is 15.4. The average Bonchev–Trinajstić information content (AvgIpc) is 3.58. The number of ether oxygens (including phenoxy) is 5. The number of hydrogen-bond acceptors (Lipinski definition) is 11. The number of nitrogens with zero attached hydrogens (tertiary/aromatic N) is 3. The first-order chi connectivity index (χ1) is 27.6. The number of esters is 1. The van der Waals surface area contributed by atoms with E-state index < -0.39 is 55.2 Å². The molecule has 310 valence electrons. The molecule has 0 saturated carbocycles. The Hall–Kier alpha value is -4.83. The van der Waals surface area contributed by atoms with Gasteiger partial charge in [-0.1, -0.05) is 54.6 Å². The van der Waals surface area contributed by atoms with Crippen molar-refractivity contribution < 1.29 is 33.0 Å². The minimum absolute atomic E-state index is 0.0146. The molecule has 4 atom stereocenters. The van der Waals surface area contributed by atoms with Crippen molar-refractivity contribution >= 4 is 14.3 Å². The Morgan fingerprint density at radius 3 is 2.00 bits per heavy atom. The van der Waals surface area contributed by atoms with E-state index >= 15 is 0 Å². The van der Waals surface area contributed by atoms with Crippen LogP contribution in [0.3, 0.4) is 0 Å². The monoisotopic (exact) mass is 814 g/mol. The van der Waals surface area contributed by atoms with E-state index in [1.54, 1.807) is 35.0 Å². The zero-order chi connectivity index (χ0) is 42.2. The highest BCUT2D eigenvalue weighted by molar-refractivity contribution is 7.51. The van der Waals surface area contributed by atoms with E-state index in [2.05, 4.69) is 15.7 Å². The van der Waals surface area contributed by atoms with Gasteiger partial charge in [0.2, 0.25) is 0 Å². The van der Waals surface area contributed by atoms with Crippen LogP contribution in [0.2, 0.25) is 0 Å². The minimum atomic E-state index is -1.66. The molecule has 2 unspecified atom stereocenters. The van der Waals surface area contributed by atoms with Crippen molar-refractivity contribution in [2.75, 3.05) is 27.0 Å². The largest absolute Gasteiger partial charge is 0.497 e. The summed E-state index contributed by atoms with van der Waals surface area (Å²) in [7, 11) is 1.57. The van der Waals surface area contributed by atoms with Crippen LogP contribution in [0.1, 0.15) is 82.9 Å². The molecule has 0 aliphatic carbocycles. The van der Waals surface area contributed by atoms with Gasteiger partial charge in [0.05, 0.1) is 39.4 Å². The van der Waals surface area contributed by atoms with Gasteiger partial charge in [-0.15, -0.1) is 0 Å². The van der Waals surface area contributed by atoms with Crippen LogP contribution in [-0.4, -0.2) is 77.1 Å². The molecule has 13 nitrogen and oxygen atoms in total. The van der Waals surface area contributed by atoms with Gasteiger partial charge in [0, 0.05) is 30.3 Å². The predicted molar refractivity (Wildman–Crippen MR) is 222 cm³/mol. The fourth-order valence-corrected chi connectivity index (χ4v) is 9.53. The third-order valence-electron chi connectivity index (χ3n) is 10.0. The summed E-state index contributed by atoms with van der Waals surface area (Å²) < 4.78 is 41.4. The summed E-state index contributed by atoms with van der Waals surface area (Å²) in [6.45, 7) is 13.2. The maximum atomic E-state index is 13.6. The molecule has 1 saturated heterocycles. The van der Waals surface area contributed by atoms with Crippen LogP contribution < -0.4 is 20.7 Å². The van der Waals surface area contributed by atoms with E-state index in [9.17, 15) is 19.6 Å². The standard InChI is InChI=1S/C44H55N4O9P/c1-29(2)48(30(3)4)58(28-40(49)56-43(6,7)23-24-45)57-37-25-39(47-26-31(5)41(50)46-42(47)51)55-38(37)27-54-44(32-13-11-10-12-14-32,33-15-19-35(52-8)20-16-33)34-17-21-36(53-9)22-18-34/h10-22,26,29-30,37-39H,23,25,27-28H2,1-9H3,(H,46,50,51)/t37?,38-,39-,58?/m1/s1. The summed E-state index contributed by atoms with van der Waals surface area (Å²) >= 11 is 0. The van der Waals surface area contributed by atoms with E-state index in [1.807, 2.05) is 107 Å². The van der Waals surface area contributed by atoms with Gasteiger partial charge in [-0.3, -0.25) is 23.8 Å². The van der Waals surface area contributed by atoms with E-state index in [0.717, 1.165) is 16.7 Å². The maximum Gasteiger partial charge on any atom is 0.330 e. The molecule has 1 aromatic heterocycles. The molecule has 2 heterocycles. The first-order valence-corrected chi connectivity index (χ1v) is 20.8. The highest BCUT2D eigenvalue weighted by atomic mass is 31.2. The molecule has 0 radical (unpaired) electrons. The van der Waals surface area contributed by atoms with Crippen molar-refractivity contribution in [3.8, 4) is 17.6 Å². The number of aromatic nitrogens is 2. The van der Waals surface area contributed by atoms with Crippen LogP contribution in [0.4, 0.5) is 0 Å². The molecule has 0 spiro atoms. The van der Waals surface area contributed by atoms with Crippen molar-refractivity contribution in [1.82, 2.24) is 14.2 Å². The molecule has 58 heavy (non-hydrogen) atoms. The third-order valence-corrected chi connectivity index (χ3v) is 12.5. The van der Waals surface area contributed by atoms with Crippen LogP contribution in [0.15, 0.2) is 94.6 Å². The number of carbonyl (C=O) groups excluding carboxylic acids is 1. The molecule has 14 heteroatoms. The topological polar surface area (TPSA) is 154 Å². The lowest BCUT2D eigenvalue weighted by atomic mass is 9.80. The summed E-state index contributed by atoms with van der Waals surface area (Å²) in [5.41, 5.74) is -0.436. The SMILES string of the molecule is COc1ccc(C(OC[C@H]2O[C@@H](n3cc(C)c(=O)[nH]c3=O)CC2OP(CC(=O)OC(C)(C)CC#N)N(C(C)C)C(C)C)(c2ccccc2)c2ccc(OC)cc2)cc1. The Kier molecular flexibility index (Phi) is 14.7. The fourth-order valence-electron chi connectivity index (χ4n) is 7.33. The normalized spacial score (nSPS) is 17.7. The Balaban J connectivity index is 1.61. The minimum Gasteiger partial charge on any atom is -0.497 e. The molecular formula is C44H55N4O9P. The molecule has 5 rings (SSSR count). The zero-order valence-electron chi connectivity index (χ0n) is 34.8. The van der Waals surface area contributed by atoms with Gasteiger partial charge < -0.3 is 28.2 Å². The van der Waals surface area contributed by atoms with Gasteiger partial charge in [0.1, 0.15) is 49.5 Å². The molecule has 1 fully saturated rings. The highest BCUT2D eigenvalue weighted by Gasteiger charge is 2.45. The number of nitrogens with one attached hydrogen (secondary N) is 1. The van der Waals surface area contributed by atoms with Gasteiger partial charge >= 0.3 is 11.7 Å². The quantitative estimate of drug-likeness (QED) is 0.0616. The van der Waals surface area contributed by atoms with Gasteiger partial charge in [0.15, 0.2) is 0 Å². The number of rotatable bonds is 18. The molecule has 4 aromatic rings. The van der Waals surface area contributed by atoms with Crippen LogP contribution in [0.5, 0.6) is 11.5 Å². The van der Waals surface area contributed by atoms with Crippen molar-refractivity contribution in [1.29, 1.82) is 5.26 Å². The Morgan fingerprint density at radius 1 is 0.931 bits per heavy atom. The lowest BCUT2D eigenvalue weighted by molar-refractivity contribution is -0.152. The van der Waals surface area contributed by atoms with Gasteiger partial charge in [-0.2, -0.15) is 5.26 Å². The molecular weight excluding hydrogens is 759 g/mol. The van der Waals surface area contributed by atoms with Crippen LogP contribution in [0, 0.1) is 18.3 Å². The number of H-pyrrole nitrogens is 1. The smallest absolute Gasteiger partial charge is 0.330 e. The van der Waals surface area contributed by atoms with Crippen molar-refractivity contribution in [2.45, 2.75) is 103 Å². The maximum absolute atomic E-state index is 13.6. The van der Waals surface area contributed by atoms with Crippen LogP contribution >= 0.6 is 8.30 Å². The number of nitriles is 1. The van der Waals surface area contributed by atoms with E-state index in [4.69, 9.17) is 28.2 Å². The molecule has 1 N–H and O–H groups in total. The van der Waals surface area contributed by atoms with Crippen molar-refractivity contribution in [3.05, 3.63) is 128 Å². The number of benzene rings is 3. The summed E-state index contributed by atoms with van der Waals surface area (Å²) in [6, 6.07) is 27.3. The zero-order valence-corrected chi connectivity index (χ0v) is 35.7. The highest BCUT2D eigenvalue weighted by Crippen LogP contribution is 2.50. The van der Waals surface area contributed by atoms with Crippen molar-refractivity contribution in [3.63, 3.8) is 0 Å². The number of hydrogen-bond donors (Lipinski definition) is 1. The number of aryl methyl sites for hydroxylation is 1. The first-order valence-electron chi connectivity index (χ1n) is 19.4. The summed E-state index contributed by atoms with van der Waals surface area (Å²) in [5, 5.41) is 9.34. The fraction of sp³-hybridized carbons (Fsp3) is 0.455. The number of methoxy groups -OCH3 is 2. The van der Waals surface area contributed by atoms with Crippen molar-refractivity contribution in [2.24, 2.45) is 0 Å². The second kappa shape index (κ2) is 19.3. The summed E-state index contributed by atoms with van der Waals surface area (Å²) in [6.07, 6.45) is -0.622. The van der Waals surface area contributed by atoms with Gasteiger partial charge in [-0.05, 0) is 89.4 Å². The van der Waals surface area contributed by atoms with Gasteiger partial charge in [-0.25, -0.2) is 4.79 Å². The third kappa shape index (κ3) is 10.2. The lowest BCUT2D eigenvalue weighted by Crippen LogP contribution is -2.40. The predicted octanol–water partition coefficient (Wildman–Crippen LogP) is 7.21. The first kappa shape index (κ1) is 44.3. The molecule has 3 aromatic carbocycles. The van der Waals surface area contributed by atoms with Gasteiger partial charge in [0.25, 0.3) is 5.56 Å². The van der Waals surface area contributed by atoms with E-state index in [-0.39, 0.29) is 37.7 Å². The lowest BCUT2D eigenvalue weighted by Gasteiger charge is -2.40. The molecule has 1 aliphatic heterocycles.